The van der Waals surface area contributed by atoms with Crippen LogP contribution in [0.2, 0.25) is 0 Å². The molecule has 0 aliphatic rings. The highest BCUT2D eigenvalue weighted by Crippen LogP contribution is 2.31. The van der Waals surface area contributed by atoms with Gasteiger partial charge in [0.1, 0.15) is 0 Å². The molecule has 0 aliphatic carbocycles. The highest BCUT2D eigenvalue weighted by Gasteiger charge is 2.18. The highest BCUT2D eigenvalue weighted by atomic mass is 79.9. The number of hydrogen-bond donors (Lipinski definition) is 1. The van der Waals surface area contributed by atoms with Gasteiger partial charge in [0, 0.05) is 35.0 Å². The van der Waals surface area contributed by atoms with E-state index >= 15 is 0 Å². The summed E-state index contributed by atoms with van der Waals surface area (Å²) in [5, 5.41) is 3.61. The van der Waals surface area contributed by atoms with Crippen LogP contribution in [0.5, 0.6) is 0 Å². The van der Waals surface area contributed by atoms with Gasteiger partial charge in [-0.25, -0.2) is 0 Å². The van der Waals surface area contributed by atoms with Crippen LogP contribution >= 0.6 is 27.7 Å². The zero-order valence-electron chi connectivity index (χ0n) is 13.9. The molecule has 1 aromatic rings. The van der Waals surface area contributed by atoms with Crippen LogP contribution in [-0.4, -0.2) is 31.6 Å². The molecule has 21 heavy (non-hydrogen) atoms. The molecule has 0 aromatic heterocycles. The minimum Gasteiger partial charge on any atom is -0.370 e. The molecule has 0 saturated heterocycles. The fraction of sp³-hybridized carbons (Fsp3) is 0.647. The van der Waals surface area contributed by atoms with E-state index in [0.29, 0.717) is 12.1 Å². The second-order valence-electron chi connectivity index (χ2n) is 5.51. The first-order chi connectivity index (χ1) is 10.0. The first kappa shape index (κ1) is 18.9. The molecular formula is C17H29BrN2S. The van der Waals surface area contributed by atoms with Gasteiger partial charge < -0.3 is 10.2 Å². The Morgan fingerprint density at radius 2 is 2.05 bits per heavy atom. The summed E-state index contributed by atoms with van der Waals surface area (Å²) < 4.78 is 1.15. The summed E-state index contributed by atoms with van der Waals surface area (Å²) in [5.41, 5.74) is 2.72. The molecule has 0 fully saturated rings. The third-order valence-electron chi connectivity index (χ3n) is 3.92. The Kier molecular flexibility index (Phi) is 8.76. The SMILES string of the molecule is CCCNC(C)c1ccc(Br)cc1N(C)C(CC)CSC. The molecule has 0 aliphatic heterocycles. The van der Waals surface area contributed by atoms with Crippen molar-refractivity contribution < 1.29 is 0 Å². The van der Waals surface area contributed by atoms with E-state index in [4.69, 9.17) is 0 Å². The lowest BCUT2D eigenvalue weighted by Crippen LogP contribution is -2.34. The van der Waals surface area contributed by atoms with Crippen LogP contribution in [0.4, 0.5) is 5.69 Å². The van der Waals surface area contributed by atoms with Gasteiger partial charge in [0.25, 0.3) is 0 Å². The van der Waals surface area contributed by atoms with E-state index in [0.717, 1.165) is 23.2 Å². The maximum absolute atomic E-state index is 3.62. The van der Waals surface area contributed by atoms with Crippen LogP contribution in [0.25, 0.3) is 0 Å². The van der Waals surface area contributed by atoms with E-state index in [9.17, 15) is 0 Å². The molecule has 2 unspecified atom stereocenters. The lowest BCUT2D eigenvalue weighted by atomic mass is 10.0. The molecule has 1 rings (SSSR count). The van der Waals surface area contributed by atoms with Crippen molar-refractivity contribution in [3.63, 3.8) is 0 Å². The molecule has 0 amide bonds. The van der Waals surface area contributed by atoms with Gasteiger partial charge in [-0.15, -0.1) is 0 Å². The molecule has 0 radical (unpaired) electrons. The predicted molar refractivity (Wildman–Crippen MR) is 102 cm³/mol. The molecule has 2 atom stereocenters. The van der Waals surface area contributed by atoms with Crippen LogP contribution in [0.1, 0.15) is 45.2 Å². The minimum absolute atomic E-state index is 0.377. The number of hydrogen-bond acceptors (Lipinski definition) is 3. The zero-order valence-corrected chi connectivity index (χ0v) is 16.4. The fourth-order valence-corrected chi connectivity index (χ4v) is 3.74. The van der Waals surface area contributed by atoms with Crippen molar-refractivity contribution in [3.05, 3.63) is 28.2 Å². The molecule has 2 nitrogen and oxygen atoms in total. The second-order valence-corrected chi connectivity index (χ2v) is 7.33. The minimum atomic E-state index is 0.377. The number of nitrogens with zero attached hydrogens (tertiary/aromatic N) is 1. The Morgan fingerprint density at radius 1 is 1.33 bits per heavy atom. The summed E-state index contributed by atoms with van der Waals surface area (Å²) in [6.45, 7) is 7.79. The Bertz CT molecular complexity index is 425. The van der Waals surface area contributed by atoms with Crippen molar-refractivity contribution in [1.29, 1.82) is 0 Å². The van der Waals surface area contributed by atoms with Crippen LogP contribution in [0.15, 0.2) is 22.7 Å². The average Bonchev–Trinajstić information content (AvgIpc) is 2.49. The molecule has 120 valence electrons. The van der Waals surface area contributed by atoms with Crippen LogP contribution in [0, 0.1) is 0 Å². The van der Waals surface area contributed by atoms with Crippen molar-refractivity contribution >= 4 is 33.4 Å². The number of halogens is 1. The quantitative estimate of drug-likeness (QED) is 0.649. The molecule has 1 N–H and O–H groups in total. The first-order valence-electron chi connectivity index (χ1n) is 7.79. The molecule has 0 spiro atoms. The van der Waals surface area contributed by atoms with E-state index in [2.05, 4.69) is 78.4 Å². The monoisotopic (exact) mass is 372 g/mol. The molecule has 0 saturated carbocycles. The topological polar surface area (TPSA) is 15.3 Å². The van der Waals surface area contributed by atoms with Gasteiger partial charge in [0.05, 0.1) is 0 Å². The van der Waals surface area contributed by atoms with Crippen molar-refractivity contribution in [2.45, 2.75) is 45.7 Å². The van der Waals surface area contributed by atoms with Crippen molar-refractivity contribution in [1.82, 2.24) is 5.32 Å². The molecule has 4 heteroatoms. The van der Waals surface area contributed by atoms with Crippen molar-refractivity contribution in [3.8, 4) is 0 Å². The van der Waals surface area contributed by atoms with Gasteiger partial charge in [-0.3, -0.25) is 0 Å². The smallest absolute Gasteiger partial charge is 0.0426 e. The Hall–Kier alpha value is -0.190. The van der Waals surface area contributed by atoms with E-state index in [1.807, 2.05) is 11.8 Å². The number of thioether (sulfide) groups is 1. The summed E-state index contributed by atoms with van der Waals surface area (Å²) in [6.07, 6.45) is 4.51. The standard InChI is InChI=1S/C17H29BrN2S/c1-6-10-19-13(3)16-9-8-14(18)11-17(16)20(4)15(7-2)12-21-5/h8-9,11,13,15,19H,6-7,10,12H2,1-5H3. The van der Waals surface area contributed by atoms with Crippen LogP contribution in [0.3, 0.4) is 0 Å². The molecule has 1 aromatic carbocycles. The van der Waals surface area contributed by atoms with Crippen LogP contribution < -0.4 is 10.2 Å². The lowest BCUT2D eigenvalue weighted by Gasteiger charge is -2.32. The first-order valence-corrected chi connectivity index (χ1v) is 9.98. The summed E-state index contributed by atoms with van der Waals surface area (Å²) in [4.78, 5) is 2.45. The van der Waals surface area contributed by atoms with Gasteiger partial charge in [0.2, 0.25) is 0 Å². The van der Waals surface area contributed by atoms with E-state index < -0.39 is 0 Å². The lowest BCUT2D eigenvalue weighted by molar-refractivity contribution is 0.566. The number of nitrogens with one attached hydrogen (secondary N) is 1. The Balaban J connectivity index is 3.05. The summed E-state index contributed by atoms with van der Waals surface area (Å²) in [7, 11) is 2.22. The predicted octanol–water partition coefficient (Wildman–Crippen LogP) is 5.09. The molecule has 0 bridgehead atoms. The second kappa shape index (κ2) is 9.75. The number of anilines is 1. The third-order valence-corrected chi connectivity index (χ3v) is 5.13. The van der Waals surface area contributed by atoms with Crippen molar-refractivity contribution in [2.75, 3.05) is 30.5 Å². The largest absolute Gasteiger partial charge is 0.370 e. The highest BCUT2D eigenvalue weighted by molar-refractivity contribution is 9.10. The van der Waals surface area contributed by atoms with Gasteiger partial charge >= 0.3 is 0 Å². The van der Waals surface area contributed by atoms with E-state index in [-0.39, 0.29) is 0 Å². The van der Waals surface area contributed by atoms with Crippen molar-refractivity contribution in [2.24, 2.45) is 0 Å². The van der Waals surface area contributed by atoms with Gasteiger partial charge in [-0.2, -0.15) is 11.8 Å². The number of benzene rings is 1. The number of rotatable bonds is 9. The van der Waals surface area contributed by atoms with Gasteiger partial charge in [0.15, 0.2) is 0 Å². The summed E-state index contributed by atoms with van der Waals surface area (Å²) in [5.74, 6) is 1.16. The average molecular weight is 373 g/mol. The van der Waals surface area contributed by atoms with E-state index in [1.54, 1.807) is 0 Å². The normalized spacial score (nSPS) is 14.0. The Labute approximate surface area is 143 Å². The summed E-state index contributed by atoms with van der Waals surface area (Å²) >= 11 is 5.54. The van der Waals surface area contributed by atoms with E-state index in [1.165, 1.54) is 17.7 Å². The van der Waals surface area contributed by atoms with Gasteiger partial charge in [-0.05, 0) is 50.3 Å². The Morgan fingerprint density at radius 3 is 2.62 bits per heavy atom. The van der Waals surface area contributed by atoms with Gasteiger partial charge in [-0.1, -0.05) is 35.8 Å². The fourth-order valence-electron chi connectivity index (χ4n) is 2.55. The molecular weight excluding hydrogens is 344 g/mol. The summed E-state index contributed by atoms with van der Waals surface area (Å²) in [6, 6.07) is 7.60. The third kappa shape index (κ3) is 5.50. The maximum Gasteiger partial charge on any atom is 0.0426 e. The maximum atomic E-state index is 3.62. The molecule has 0 heterocycles. The zero-order chi connectivity index (χ0) is 15.8. The van der Waals surface area contributed by atoms with Crippen LogP contribution in [-0.2, 0) is 0 Å².